The first-order valence-corrected chi connectivity index (χ1v) is 17.9. The summed E-state index contributed by atoms with van der Waals surface area (Å²) in [7, 11) is 3.45. The van der Waals surface area contributed by atoms with Crippen LogP contribution in [0.15, 0.2) is 70.8 Å². The molecule has 0 fully saturated rings. The van der Waals surface area contributed by atoms with Crippen molar-refractivity contribution in [2.75, 3.05) is 47.9 Å². The van der Waals surface area contributed by atoms with Crippen molar-refractivity contribution in [3.05, 3.63) is 100 Å². The zero-order chi connectivity index (χ0) is 34.7. The molecule has 3 aromatic carbocycles. The van der Waals surface area contributed by atoms with Crippen LogP contribution in [0, 0.1) is 17.5 Å². The van der Waals surface area contributed by atoms with E-state index in [0.29, 0.717) is 32.5 Å². The number of nitrogens with zero attached hydrogens (tertiary/aromatic N) is 4. The van der Waals surface area contributed by atoms with Crippen LogP contribution >= 0.6 is 23.4 Å². The molecule has 1 heterocycles. The largest absolute Gasteiger partial charge is 0.495 e. The Balaban J connectivity index is 1.67. The van der Waals surface area contributed by atoms with Gasteiger partial charge in [-0.2, -0.15) is 4.31 Å². The number of imidazole rings is 1. The fourth-order valence-electron chi connectivity index (χ4n) is 5.24. The third kappa shape index (κ3) is 8.34. The number of ether oxygens (including phenoxy) is 1. The highest BCUT2D eigenvalue weighted by molar-refractivity contribution is 7.98. The Hall–Kier alpha value is -3.03. The van der Waals surface area contributed by atoms with Crippen LogP contribution in [0.1, 0.15) is 44.0 Å². The molecule has 254 valence electrons. The molecule has 4 rings (SSSR count). The minimum absolute atomic E-state index is 0.174. The van der Waals surface area contributed by atoms with Gasteiger partial charge in [0.15, 0.2) is 5.16 Å². The van der Waals surface area contributed by atoms with Crippen molar-refractivity contribution in [3.8, 4) is 11.4 Å². The standard InChI is InChI=1S/C34H41ClF3N4O3S2/c1-8-40(16-9-17-42(4,5)6)47(43,44)26-19-29(37)27(30(38)20-26)22-46-33-39-21-32(41(33)25-13-11-24(36)12-14-25)34(2,3)23-10-15-28(35)31(18-23)45-7/h10-15,18-21H,8-9,16-17,22H2,1-7H3/q+1. The Kier molecular flexibility index (Phi) is 11.4. The van der Waals surface area contributed by atoms with Gasteiger partial charge in [-0.1, -0.05) is 50.2 Å². The molecule has 13 heteroatoms. The molecular formula is C34H41ClF3N4O3S2+. The van der Waals surface area contributed by atoms with Crippen LogP contribution in [0.5, 0.6) is 5.75 Å². The number of halogens is 4. The quantitative estimate of drug-likeness (QED) is 0.0994. The average molecular weight is 710 g/mol. The van der Waals surface area contributed by atoms with E-state index in [-0.39, 0.29) is 24.4 Å². The molecule has 7 nitrogen and oxygen atoms in total. The predicted molar refractivity (Wildman–Crippen MR) is 182 cm³/mol. The van der Waals surface area contributed by atoms with Gasteiger partial charge in [0.1, 0.15) is 23.2 Å². The number of thioether (sulfide) groups is 1. The Morgan fingerprint density at radius 1 is 1.02 bits per heavy atom. The lowest BCUT2D eigenvalue weighted by atomic mass is 9.81. The fraction of sp³-hybridized carbons (Fsp3) is 0.382. The molecule has 0 N–H and O–H groups in total. The summed E-state index contributed by atoms with van der Waals surface area (Å²) in [6, 6.07) is 13.1. The molecule has 0 aliphatic carbocycles. The summed E-state index contributed by atoms with van der Waals surface area (Å²) in [4.78, 5) is 4.18. The molecule has 0 spiro atoms. The Morgan fingerprint density at radius 3 is 2.23 bits per heavy atom. The first-order chi connectivity index (χ1) is 22.0. The summed E-state index contributed by atoms with van der Waals surface area (Å²) in [5.41, 5.74) is 1.25. The molecule has 47 heavy (non-hydrogen) atoms. The first-order valence-electron chi connectivity index (χ1n) is 15.1. The van der Waals surface area contributed by atoms with Gasteiger partial charge >= 0.3 is 0 Å². The maximum absolute atomic E-state index is 15.5. The van der Waals surface area contributed by atoms with Gasteiger partial charge in [0.25, 0.3) is 0 Å². The minimum atomic E-state index is -4.12. The van der Waals surface area contributed by atoms with Gasteiger partial charge in [0, 0.05) is 41.9 Å². The summed E-state index contributed by atoms with van der Waals surface area (Å²) in [6.45, 7) is 6.83. The molecule has 0 saturated heterocycles. The number of rotatable bonds is 14. The highest BCUT2D eigenvalue weighted by Gasteiger charge is 2.31. The zero-order valence-electron chi connectivity index (χ0n) is 27.7. The van der Waals surface area contributed by atoms with Crippen molar-refractivity contribution in [2.24, 2.45) is 0 Å². The third-order valence-electron chi connectivity index (χ3n) is 8.01. The Morgan fingerprint density at radius 2 is 1.66 bits per heavy atom. The van der Waals surface area contributed by atoms with Gasteiger partial charge in [0.2, 0.25) is 10.0 Å². The summed E-state index contributed by atoms with van der Waals surface area (Å²) in [6.07, 6.45) is 2.27. The summed E-state index contributed by atoms with van der Waals surface area (Å²) in [5.74, 6) is -2.02. The van der Waals surface area contributed by atoms with Crippen molar-refractivity contribution in [1.29, 1.82) is 0 Å². The number of hydrogen-bond acceptors (Lipinski definition) is 5. The van der Waals surface area contributed by atoms with Crippen molar-refractivity contribution in [1.82, 2.24) is 13.9 Å². The van der Waals surface area contributed by atoms with Crippen molar-refractivity contribution >= 4 is 33.4 Å². The van der Waals surface area contributed by atoms with E-state index in [0.717, 1.165) is 41.7 Å². The lowest BCUT2D eigenvalue weighted by molar-refractivity contribution is -0.870. The van der Waals surface area contributed by atoms with Gasteiger partial charge in [-0.3, -0.25) is 4.57 Å². The van der Waals surface area contributed by atoms with Gasteiger partial charge in [-0.15, -0.1) is 0 Å². The summed E-state index contributed by atoms with van der Waals surface area (Å²) >= 11 is 7.35. The number of hydrogen-bond donors (Lipinski definition) is 0. The molecular weight excluding hydrogens is 669 g/mol. The normalized spacial score (nSPS) is 12.6. The summed E-state index contributed by atoms with van der Waals surface area (Å²) in [5, 5.41) is 0.867. The van der Waals surface area contributed by atoms with E-state index in [1.165, 1.54) is 23.5 Å². The number of quaternary nitrogens is 1. The van der Waals surface area contributed by atoms with Gasteiger partial charge in [0.05, 0.1) is 56.6 Å². The molecule has 4 aromatic rings. The molecule has 0 aliphatic rings. The Bertz CT molecular complexity index is 1800. The second kappa shape index (κ2) is 14.6. The van der Waals surface area contributed by atoms with Crippen LogP contribution in [-0.2, 0) is 21.2 Å². The molecule has 0 radical (unpaired) electrons. The van der Waals surface area contributed by atoms with Crippen LogP contribution in [0.3, 0.4) is 0 Å². The lowest BCUT2D eigenvalue weighted by Gasteiger charge is -2.28. The maximum Gasteiger partial charge on any atom is 0.243 e. The van der Waals surface area contributed by atoms with Crippen molar-refractivity contribution in [2.45, 2.75) is 48.4 Å². The smallest absolute Gasteiger partial charge is 0.243 e. The topological polar surface area (TPSA) is 64.4 Å². The monoisotopic (exact) mass is 709 g/mol. The maximum atomic E-state index is 15.5. The van der Waals surface area contributed by atoms with Crippen LogP contribution in [-0.4, -0.2) is 74.6 Å². The third-order valence-corrected chi connectivity index (χ3v) is 11.3. The van der Waals surface area contributed by atoms with Crippen molar-refractivity contribution in [3.63, 3.8) is 0 Å². The SMILES string of the molecule is CCN(CCC[N+](C)(C)C)S(=O)(=O)c1cc(F)c(CSc2ncc(C(C)(C)c3ccc(Cl)c(OC)c3)n2-c2ccc(F)cc2)c(F)c1. The predicted octanol–water partition coefficient (Wildman–Crippen LogP) is 7.68. The second-order valence-corrected chi connectivity index (χ2v) is 16.0. The molecule has 0 bridgehead atoms. The Labute approximate surface area is 285 Å². The van der Waals surface area contributed by atoms with E-state index in [1.54, 1.807) is 31.3 Å². The molecule has 0 amide bonds. The molecule has 1 aromatic heterocycles. The average Bonchev–Trinajstić information content (AvgIpc) is 3.43. The lowest BCUT2D eigenvalue weighted by Crippen LogP contribution is -2.39. The number of sulfonamides is 1. The number of methoxy groups -OCH3 is 1. The first kappa shape index (κ1) is 36.8. The van der Waals surface area contributed by atoms with Gasteiger partial charge in [-0.05, 0) is 54.1 Å². The zero-order valence-corrected chi connectivity index (χ0v) is 30.0. The second-order valence-electron chi connectivity index (χ2n) is 12.7. The van der Waals surface area contributed by atoms with E-state index >= 15 is 8.78 Å². The van der Waals surface area contributed by atoms with Gasteiger partial charge in [-0.25, -0.2) is 26.6 Å². The van der Waals surface area contributed by atoms with Crippen LogP contribution in [0.4, 0.5) is 13.2 Å². The fourth-order valence-corrected chi connectivity index (χ4v) is 7.95. The van der Waals surface area contributed by atoms with E-state index in [1.807, 2.05) is 51.7 Å². The van der Waals surface area contributed by atoms with Crippen LogP contribution in [0.2, 0.25) is 5.02 Å². The highest BCUT2D eigenvalue weighted by Crippen LogP contribution is 2.39. The van der Waals surface area contributed by atoms with Crippen LogP contribution in [0.25, 0.3) is 5.69 Å². The van der Waals surface area contributed by atoms with E-state index in [2.05, 4.69) is 4.98 Å². The summed E-state index contributed by atoms with van der Waals surface area (Å²) < 4.78 is 80.7. The van der Waals surface area contributed by atoms with E-state index in [9.17, 15) is 12.8 Å². The number of aromatic nitrogens is 2. The van der Waals surface area contributed by atoms with E-state index in [4.69, 9.17) is 16.3 Å². The van der Waals surface area contributed by atoms with Crippen LogP contribution < -0.4 is 4.74 Å². The molecule has 0 aliphatic heterocycles. The minimum Gasteiger partial charge on any atom is -0.495 e. The number of benzene rings is 3. The van der Waals surface area contributed by atoms with Gasteiger partial charge < -0.3 is 9.22 Å². The molecule has 0 saturated carbocycles. The highest BCUT2D eigenvalue weighted by atomic mass is 35.5. The molecule has 0 unspecified atom stereocenters. The molecule has 0 atom stereocenters. The van der Waals surface area contributed by atoms with E-state index < -0.39 is 37.8 Å². The van der Waals surface area contributed by atoms with Crippen molar-refractivity contribution < 1.29 is 30.8 Å².